The number of H-pyrrole nitrogens is 1. The lowest BCUT2D eigenvalue weighted by molar-refractivity contribution is -0.199. The first-order valence-corrected chi connectivity index (χ1v) is 8.16. The molecule has 2 unspecified atom stereocenters. The van der Waals surface area contributed by atoms with Crippen molar-refractivity contribution in [3.63, 3.8) is 0 Å². The van der Waals surface area contributed by atoms with Crippen molar-refractivity contribution in [2.24, 2.45) is 0 Å². The van der Waals surface area contributed by atoms with Crippen LogP contribution in [0.5, 0.6) is 0 Å². The Morgan fingerprint density at radius 3 is 2.75 bits per heavy atom. The molecule has 4 atom stereocenters. The zero-order chi connectivity index (χ0) is 17.1. The van der Waals surface area contributed by atoms with Crippen LogP contribution < -0.4 is 11.2 Å². The highest BCUT2D eigenvalue weighted by Crippen LogP contribution is 2.30. The van der Waals surface area contributed by atoms with Crippen molar-refractivity contribution in [1.29, 1.82) is 0 Å². The number of rotatable bonds is 5. The maximum Gasteiger partial charge on any atom is 0.330 e. The average Bonchev–Trinajstić information content (AvgIpc) is 2.89. The van der Waals surface area contributed by atoms with Gasteiger partial charge in [-0.25, -0.2) is 4.79 Å². The average molecular weight is 341 g/mol. The summed E-state index contributed by atoms with van der Waals surface area (Å²) < 4.78 is 12.3. The Bertz CT molecular complexity index is 653. The first-order valence-electron chi connectivity index (χ1n) is 8.16. The molecule has 0 amide bonds. The van der Waals surface area contributed by atoms with E-state index in [-0.39, 0.29) is 6.61 Å². The Balaban J connectivity index is 1.69. The van der Waals surface area contributed by atoms with Crippen LogP contribution in [0.15, 0.2) is 21.9 Å². The second-order valence-corrected chi connectivity index (χ2v) is 6.06. The highest BCUT2D eigenvalue weighted by Gasteiger charge is 2.45. The molecule has 9 heteroatoms. The van der Waals surface area contributed by atoms with Crippen LogP contribution in [0.2, 0.25) is 0 Å². The molecule has 0 aromatic carbocycles. The van der Waals surface area contributed by atoms with E-state index in [1.807, 2.05) is 5.06 Å². The van der Waals surface area contributed by atoms with Crippen molar-refractivity contribution in [2.75, 3.05) is 26.8 Å². The number of aromatic nitrogens is 2. The molecule has 24 heavy (non-hydrogen) atoms. The fourth-order valence-electron chi connectivity index (χ4n) is 3.14. The van der Waals surface area contributed by atoms with Gasteiger partial charge in [-0.15, -0.1) is 0 Å². The summed E-state index contributed by atoms with van der Waals surface area (Å²) in [6.07, 6.45) is 1.58. The zero-order valence-corrected chi connectivity index (χ0v) is 13.6. The molecule has 2 saturated heterocycles. The molecule has 2 aliphatic heterocycles. The van der Waals surface area contributed by atoms with Gasteiger partial charge in [0.25, 0.3) is 5.56 Å². The minimum atomic E-state index is -0.941. The third kappa shape index (κ3) is 3.60. The van der Waals surface area contributed by atoms with E-state index in [0.29, 0.717) is 0 Å². The number of ether oxygens (including phenoxy) is 2. The molecule has 1 aromatic rings. The Morgan fingerprint density at radius 1 is 1.33 bits per heavy atom. The maximum atomic E-state index is 12.0. The number of hydrogen-bond acceptors (Lipinski definition) is 7. The molecular weight excluding hydrogens is 318 g/mol. The largest absolute Gasteiger partial charge is 0.387 e. The molecule has 9 nitrogen and oxygen atoms in total. The smallest absolute Gasteiger partial charge is 0.330 e. The summed E-state index contributed by atoms with van der Waals surface area (Å²) in [5.74, 6) is 0. The Labute approximate surface area is 138 Å². The minimum Gasteiger partial charge on any atom is -0.387 e. The topological polar surface area (TPSA) is 106 Å². The third-order valence-corrected chi connectivity index (χ3v) is 4.45. The van der Waals surface area contributed by atoms with Gasteiger partial charge in [-0.3, -0.25) is 19.2 Å². The lowest BCUT2D eigenvalue weighted by atomic mass is 10.1. The number of nitrogens with one attached hydrogen (secondary N) is 1. The molecule has 2 N–H and O–H groups in total. The van der Waals surface area contributed by atoms with Crippen LogP contribution in [0.4, 0.5) is 0 Å². The predicted octanol–water partition coefficient (Wildman–Crippen LogP) is -0.773. The number of aromatic amines is 1. The molecule has 2 aliphatic rings. The molecule has 3 heterocycles. The van der Waals surface area contributed by atoms with Crippen LogP contribution in [0.1, 0.15) is 25.5 Å². The maximum absolute atomic E-state index is 12.0. The molecule has 0 saturated carbocycles. The standard InChI is InChI=1S/C15H23N3O6/c1-22-13-12(20)10(9-23-17-6-3-2-4-7-17)24-14(13)18-8-5-11(19)16-15(18)21/h5,8,10,12-14,20H,2-4,6-7,9H2,1H3,(H,16,19,21)/t10-,12?,13?,14-/m1/s1. The van der Waals surface area contributed by atoms with E-state index >= 15 is 0 Å². The van der Waals surface area contributed by atoms with E-state index in [0.717, 1.165) is 25.9 Å². The number of hydrogen-bond donors (Lipinski definition) is 2. The van der Waals surface area contributed by atoms with Crippen LogP contribution in [-0.4, -0.2) is 64.8 Å². The summed E-state index contributed by atoms with van der Waals surface area (Å²) in [5.41, 5.74) is -1.10. The minimum absolute atomic E-state index is 0.176. The van der Waals surface area contributed by atoms with Crippen LogP contribution >= 0.6 is 0 Å². The quantitative estimate of drug-likeness (QED) is 0.724. The first-order chi connectivity index (χ1) is 11.6. The van der Waals surface area contributed by atoms with Crippen molar-refractivity contribution >= 4 is 0 Å². The highest BCUT2D eigenvalue weighted by molar-refractivity contribution is 4.93. The fourth-order valence-corrected chi connectivity index (χ4v) is 3.14. The van der Waals surface area contributed by atoms with Crippen molar-refractivity contribution in [2.45, 2.75) is 43.8 Å². The number of aliphatic hydroxyl groups is 1. The zero-order valence-electron chi connectivity index (χ0n) is 13.6. The van der Waals surface area contributed by atoms with Gasteiger partial charge in [-0.2, -0.15) is 5.06 Å². The number of aliphatic hydroxyl groups excluding tert-OH is 1. The fraction of sp³-hybridized carbons (Fsp3) is 0.733. The van der Waals surface area contributed by atoms with Crippen LogP contribution in [0, 0.1) is 0 Å². The van der Waals surface area contributed by atoms with Gasteiger partial charge in [-0.1, -0.05) is 6.42 Å². The second kappa shape index (κ2) is 7.58. The summed E-state index contributed by atoms with van der Waals surface area (Å²) in [6.45, 7) is 1.90. The summed E-state index contributed by atoms with van der Waals surface area (Å²) >= 11 is 0. The van der Waals surface area contributed by atoms with Gasteiger partial charge in [-0.05, 0) is 12.8 Å². The first kappa shape index (κ1) is 17.3. The molecule has 0 radical (unpaired) electrons. The molecular formula is C15H23N3O6. The monoisotopic (exact) mass is 341 g/mol. The SMILES string of the molecule is COC1C(O)[C@@H](CON2CCCCC2)O[C@H]1n1ccc(=O)[nH]c1=O. The van der Waals surface area contributed by atoms with Gasteiger partial charge in [0, 0.05) is 32.5 Å². The molecule has 2 fully saturated rings. The van der Waals surface area contributed by atoms with E-state index in [4.69, 9.17) is 14.3 Å². The normalized spacial score (nSPS) is 31.4. The van der Waals surface area contributed by atoms with Crippen molar-refractivity contribution in [1.82, 2.24) is 14.6 Å². The summed E-state index contributed by atoms with van der Waals surface area (Å²) in [4.78, 5) is 31.0. The Morgan fingerprint density at radius 2 is 2.08 bits per heavy atom. The lowest BCUT2D eigenvalue weighted by Crippen LogP contribution is -2.39. The Hall–Kier alpha value is -1.52. The van der Waals surface area contributed by atoms with Gasteiger partial charge >= 0.3 is 5.69 Å². The van der Waals surface area contributed by atoms with Gasteiger partial charge < -0.3 is 14.6 Å². The number of methoxy groups -OCH3 is 1. The van der Waals surface area contributed by atoms with Crippen molar-refractivity contribution in [3.05, 3.63) is 33.1 Å². The molecule has 3 rings (SSSR count). The third-order valence-electron chi connectivity index (χ3n) is 4.45. The van der Waals surface area contributed by atoms with Gasteiger partial charge in [0.2, 0.25) is 0 Å². The van der Waals surface area contributed by atoms with Crippen LogP contribution in [0.3, 0.4) is 0 Å². The number of hydroxylamine groups is 2. The van der Waals surface area contributed by atoms with Crippen molar-refractivity contribution in [3.8, 4) is 0 Å². The molecule has 0 bridgehead atoms. The number of nitrogens with zero attached hydrogens (tertiary/aromatic N) is 2. The van der Waals surface area contributed by atoms with E-state index in [1.54, 1.807) is 0 Å². The van der Waals surface area contributed by atoms with Gasteiger partial charge in [0.05, 0.1) is 6.61 Å². The molecule has 0 aliphatic carbocycles. The van der Waals surface area contributed by atoms with E-state index in [9.17, 15) is 14.7 Å². The van der Waals surface area contributed by atoms with Crippen molar-refractivity contribution < 1.29 is 19.4 Å². The van der Waals surface area contributed by atoms with Crippen LogP contribution in [0.25, 0.3) is 0 Å². The summed E-state index contributed by atoms with van der Waals surface area (Å²) in [5, 5.41) is 12.3. The number of piperidine rings is 1. The molecule has 1 aromatic heterocycles. The predicted molar refractivity (Wildman–Crippen MR) is 83.4 cm³/mol. The van der Waals surface area contributed by atoms with Crippen LogP contribution in [-0.2, 0) is 14.3 Å². The van der Waals surface area contributed by atoms with E-state index in [2.05, 4.69) is 4.98 Å². The summed E-state index contributed by atoms with van der Waals surface area (Å²) in [6, 6.07) is 1.22. The molecule has 134 valence electrons. The van der Waals surface area contributed by atoms with E-state index in [1.165, 1.54) is 30.4 Å². The second-order valence-electron chi connectivity index (χ2n) is 6.06. The van der Waals surface area contributed by atoms with E-state index < -0.39 is 35.8 Å². The highest BCUT2D eigenvalue weighted by atomic mass is 16.7. The summed E-state index contributed by atoms with van der Waals surface area (Å²) in [7, 11) is 1.44. The Kier molecular flexibility index (Phi) is 5.47. The lowest BCUT2D eigenvalue weighted by Gasteiger charge is -2.27. The van der Waals surface area contributed by atoms with Gasteiger partial charge in [0.15, 0.2) is 6.23 Å². The molecule has 0 spiro atoms. The van der Waals surface area contributed by atoms with Gasteiger partial charge in [0.1, 0.15) is 18.3 Å².